The summed E-state index contributed by atoms with van der Waals surface area (Å²) in [5.41, 5.74) is 0. The van der Waals surface area contributed by atoms with Crippen molar-refractivity contribution in [2.24, 2.45) is 0 Å². The van der Waals surface area contributed by atoms with Gasteiger partial charge in [0.05, 0.1) is 6.54 Å². The Kier molecular flexibility index (Phi) is 5.45. The average molecular weight is 253 g/mol. The van der Waals surface area contributed by atoms with Gasteiger partial charge in [0.1, 0.15) is 0 Å². The van der Waals surface area contributed by atoms with Crippen LogP contribution in [0.25, 0.3) is 0 Å². The number of rotatable bonds is 3. The second kappa shape index (κ2) is 7.10. The first-order chi connectivity index (χ1) is 8.77. The van der Waals surface area contributed by atoms with Crippen LogP contribution in [0.1, 0.15) is 38.5 Å². The third kappa shape index (κ3) is 3.95. The molecular weight excluding hydrogens is 226 g/mol. The quantitative estimate of drug-likeness (QED) is 0.764. The summed E-state index contributed by atoms with van der Waals surface area (Å²) in [4.78, 5) is 16.6. The summed E-state index contributed by atoms with van der Waals surface area (Å²) in [5, 5.41) is 3.32. The van der Waals surface area contributed by atoms with E-state index in [9.17, 15) is 4.79 Å². The van der Waals surface area contributed by atoms with E-state index < -0.39 is 0 Å². The van der Waals surface area contributed by atoms with E-state index >= 15 is 0 Å². The molecule has 0 bridgehead atoms. The molecule has 2 aliphatic rings. The number of likely N-dealkylation sites (N-methyl/N-ethyl adjacent to an activating group) is 1. The summed E-state index contributed by atoms with van der Waals surface area (Å²) in [6.45, 7) is 4.64. The summed E-state index contributed by atoms with van der Waals surface area (Å²) >= 11 is 0. The van der Waals surface area contributed by atoms with E-state index in [1.54, 1.807) is 0 Å². The maximum atomic E-state index is 12.3. The number of carbonyl (C=O) groups is 1. The Balaban J connectivity index is 1.79. The van der Waals surface area contributed by atoms with Gasteiger partial charge in [0.15, 0.2) is 0 Å². The van der Waals surface area contributed by atoms with Gasteiger partial charge in [-0.25, -0.2) is 0 Å². The van der Waals surface area contributed by atoms with E-state index in [1.807, 2.05) is 11.9 Å². The van der Waals surface area contributed by atoms with Crippen molar-refractivity contribution in [2.75, 3.05) is 39.8 Å². The zero-order chi connectivity index (χ0) is 12.8. The van der Waals surface area contributed by atoms with E-state index in [0.717, 1.165) is 26.2 Å². The van der Waals surface area contributed by atoms with Crippen molar-refractivity contribution in [1.82, 2.24) is 15.1 Å². The zero-order valence-corrected chi connectivity index (χ0v) is 11.7. The minimum absolute atomic E-state index is 0.309. The lowest BCUT2D eigenvalue weighted by atomic mass is 10.1. The molecule has 4 nitrogen and oxygen atoms in total. The van der Waals surface area contributed by atoms with Crippen LogP contribution in [0.3, 0.4) is 0 Å². The molecule has 0 aromatic carbocycles. The molecule has 104 valence electrons. The Morgan fingerprint density at radius 2 is 1.78 bits per heavy atom. The van der Waals surface area contributed by atoms with Gasteiger partial charge in [-0.3, -0.25) is 9.69 Å². The first-order valence-electron chi connectivity index (χ1n) is 7.46. The molecule has 0 unspecified atom stereocenters. The number of hydrogen-bond donors (Lipinski definition) is 1. The van der Waals surface area contributed by atoms with Crippen molar-refractivity contribution in [3.05, 3.63) is 0 Å². The topological polar surface area (TPSA) is 35.6 Å². The smallest absolute Gasteiger partial charge is 0.236 e. The van der Waals surface area contributed by atoms with Crippen LogP contribution in [0.5, 0.6) is 0 Å². The van der Waals surface area contributed by atoms with E-state index in [2.05, 4.69) is 10.2 Å². The van der Waals surface area contributed by atoms with Crippen molar-refractivity contribution in [3.63, 3.8) is 0 Å². The van der Waals surface area contributed by atoms with Gasteiger partial charge in [0, 0.05) is 39.3 Å². The van der Waals surface area contributed by atoms with Crippen LogP contribution in [0, 0.1) is 0 Å². The Labute approximate surface area is 111 Å². The highest BCUT2D eigenvalue weighted by Gasteiger charge is 2.23. The Morgan fingerprint density at radius 3 is 2.39 bits per heavy atom. The van der Waals surface area contributed by atoms with E-state index in [1.165, 1.54) is 38.5 Å². The molecule has 1 amide bonds. The van der Waals surface area contributed by atoms with Gasteiger partial charge in [0.25, 0.3) is 0 Å². The van der Waals surface area contributed by atoms with Crippen molar-refractivity contribution >= 4 is 5.91 Å². The molecule has 0 spiro atoms. The molecule has 2 rings (SSSR count). The van der Waals surface area contributed by atoms with E-state index in [-0.39, 0.29) is 0 Å². The third-order valence-electron chi connectivity index (χ3n) is 4.33. The molecule has 1 saturated carbocycles. The lowest BCUT2D eigenvalue weighted by Gasteiger charge is -2.32. The minimum Gasteiger partial charge on any atom is -0.342 e. The lowest BCUT2D eigenvalue weighted by molar-refractivity contribution is -0.133. The fraction of sp³-hybridized carbons (Fsp3) is 0.929. The van der Waals surface area contributed by atoms with Gasteiger partial charge in [-0.15, -0.1) is 0 Å². The molecule has 0 atom stereocenters. The number of carbonyl (C=O) groups excluding carboxylic acids is 1. The first kappa shape index (κ1) is 13.8. The molecule has 18 heavy (non-hydrogen) atoms. The van der Waals surface area contributed by atoms with Gasteiger partial charge in [0.2, 0.25) is 5.91 Å². The second-order valence-electron chi connectivity index (χ2n) is 5.68. The zero-order valence-electron chi connectivity index (χ0n) is 11.7. The molecule has 1 aliphatic carbocycles. The van der Waals surface area contributed by atoms with Gasteiger partial charge in [-0.2, -0.15) is 0 Å². The molecule has 4 heteroatoms. The molecule has 0 radical (unpaired) electrons. The molecule has 2 fully saturated rings. The molecule has 1 aliphatic heterocycles. The average Bonchev–Trinajstić information content (AvgIpc) is 2.68. The first-order valence-corrected chi connectivity index (χ1v) is 7.46. The fourth-order valence-corrected chi connectivity index (χ4v) is 3.02. The third-order valence-corrected chi connectivity index (χ3v) is 4.33. The van der Waals surface area contributed by atoms with Gasteiger partial charge < -0.3 is 10.2 Å². The standard InChI is InChI=1S/C14H27N3O/c1-16(13-6-4-2-3-5-7-13)14(18)12-17-10-8-15-9-11-17/h13,15H,2-12H2,1H3. The molecule has 1 saturated heterocycles. The maximum Gasteiger partial charge on any atom is 0.236 e. The maximum absolute atomic E-state index is 12.3. The number of amides is 1. The Morgan fingerprint density at radius 1 is 1.17 bits per heavy atom. The number of hydrogen-bond acceptors (Lipinski definition) is 3. The fourth-order valence-electron chi connectivity index (χ4n) is 3.02. The van der Waals surface area contributed by atoms with Crippen LogP contribution in [-0.2, 0) is 4.79 Å². The van der Waals surface area contributed by atoms with Crippen LogP contribution in [0.15, 0.2) is 0 Å². The summed E-state index contributed by atoms with van der Waals surface area (Å²) in [6, 6.07) is 0.489. The summed E-state index contributed by atoms with van der Waals surface area (Å²) in [6.07, 6.45) is 7.66. The molecule has 1 N–H and O–H groups in total. The van der Waals surface area contributed by atoms with Gasteiger partial charge >= 0.3 is 0 Å². The highest BCUT2D eigenvalue weighted by molar-refractivity contribution is 5.78. The SMILES string of the molecule is CN(C(=O)CN1CCNCC1)C1CCCCCC1. The Bertz CT molecular complexity index is 256. The van der Waals surface area contributed by atoms with Gasteiger partial charge in [-0.1, -0.05) is 25.7 Å². The highest BCUT2D eigenvalue weighted by atomic mass is 16.2. The molecule has 0 aromatic rings. The van der Waals surface area contributed by atoms with Crippen molar-refractivity contribution in [3.8, 4) is 0 Å². The predicted molar refractivity (Wildman–Crippen MR) is 73.6 cm³/mol. The van der Waals surface area contributed by atoms with E-state index in [0.29, 0.717) is 18.5 Å². The summed E-state index contributed by atoms with van der Waals surface area (Å²) in [7, 11) is 2.00. The molecule has 1 heterocycles. The van der Waals surface area contributed by atoms with Crippen LogP contribution in [0.4, 0.5) is 0 Å². The summed E-state index contributed by atoms with van der Waals surface area (Å²) < 4.78 is 0. The van der Waals surface area contributed by atoms with Gasteiger partial charge in [-0.05, 0) is 12.8 Å². The highest BCUT2D eigenvalue weighted by Crippen LogP contribution is 2.21. The number of nitrogens with zero attached hydrogens (tertiary/aromatic N) is 2. The second-order valence-corrected chi connectivity index (χ2v) is 5.68. The molecular formula is C14H27N3O. The largest absolute Gasteiger partial charge is 0.342 e. The van der Waals surface area contributed by atoms with Crippen molar-refractivity contribution < 1.29 is 4.79 Å². The molecule has 0 aromatic heterocycles. The lowest BCUT2D eigenvalue weighted by Crippen LogP contribution is -2.49. The van der Waals surface area contributed by atoms with Crippen LogP contribution < -0.4 is 5.32 Å². The van der Waals surface area contributed by atoms with Crippen LogP contribution in [-0.4, -0.2) is 61.5 Å². The van der Waals surface area contributed by atoms with Crippen molar-refractivity contribution in [2.45, 2.75) is 44.6 Å². The monoisotopic (exact) mass is 253 g/mol. The normalized spacial score (nSPS) is 23.6. The summed E-state index contributed by atoms with van der Waals surface area (Å²) in [5.74, 6) is 0.309. The number of nitrogens with one attached hydrogen (secondary N) is 1. The van der Waals surface area contributed by atoms with Crippen LogP contribution >= 0.6 is 0 Å². The Hall–Kier alpha value is -0.610. The van der Waals surface area contributed by atoms with E-state index in [4.69, 9.17) is 0 Å². The van der Waals surface area contributed by atoms with Crippen LogP contribution in [0.2, 0.25) is 0 Å². The van der Waals surface area contributed by atoms with Crippen molar-refractivity contribution in [1.29, 1.82) is 0 Å². The predicted octanol–water partition coefficient (Wildman–Crippen LogP) is 1.07. The number of piperazine rings is 1. The minimum atomic E-state index is 0.309.